The molecular formula is C15H26N2O3. The lowest BCUT2D eigenvalue weighted by Gasteiger charge is -2.49. The van der Waals surface area contributed by atoms with E-state index in [0.29, 0.717) is 13.2 Å². The van der Waals surface area contributed by atoms with Crippen molar-refractivity contribution < 1.29 is 14.3 Å². The van der Waals surface area contributed by atoms with Crippen molar-refractivity contribution in [3.63, 3.8) is 0 Å². The third kappa shape index (κ3) is 2.43. The third-order valence-electron chi connectivity index (χ3n) is 4.43. The fourth-order valence-corrected chi connectivity index (χ4v) is 3.21. The second-order valence-electron chi connectivity index (χ2n) is 6.93. The molecule has 114 valence electrons. The van der Waals surface area contributed by atoms with Crippen LogP contribution in [0.1, 0.15) is 41.0 Å². The van der Waals surface area contributed by atoms with Crippen LogP contribution in [-0.2, 0) is 14.3 Å². The second kappa shape index (κ2) is 5.35. The number of rotatable bonds is 3. The Morgan fingerprint density at radius 1 is 1.25 bits per heavy atom. The van der Waals surface area contributed by atoms with Gasteiger partial charge >= 0.3 is 0 Å². The van der Waals surface area contributed by atoms with E-state index in [9.17, 15) is 9.59 Å². The van der Waals surface area contributed by atoms with E-state index in [1.54, 1.807) is 0 Å². The van der Waals surface area contributed by atoms with Gasteiger partial charge in [0.25, 0.3) is 0 Å². The molecule has 2 aliphatic rings. The highest BCUT2D eigenvalue weighted by Gasteiger charge is 2.51. The fraction of sp³-hybridized carbons (Fsp3) is 0.867. The van der Waals surface area contributed by atoms with Gasteiger partial charge in [-0.1, -0.05) is 27.7 Å². The van der Waals surface area contributed by atoms with Crippen LogP contribution in [-0.4, -0.2) is 47.6 Å². The summed E-state index contributed by atoms with van der Waals surface area (Å²) in [5.41, 5.74) is -0.364. The van der Waals surface area contributed by atoms with Crippen LogP contribution in [0.15, 0.2) is 0 Å². The smallest absolute Gasteiger partial charge is 0.246 e. The van der Waals surface area contributed by atoms with Crippen LogP contribution in [0, 0.1) is 11.8 Å². The number of carbonyl (C=O) groups is 2. The van der Waals surface area contributed by atoms with Gasteiger partial charge in [-0.25, -0.2) is 0 Å². The number of ether oxygens (including phenoxy) is 1. The maximum Gasteiger partial charge on any atom is 0.246 e. The van der Waals surface area contributed by atoms with Gasteiger partial charge in [-0.3, -0.25) is 9.59 Å². The van der Waals surface area contributed by atoms with Gasteiger partial charge in [0.1, 0.15) is 12.1 Å². The summed E-state index contributed by atoms with van der Waals surface area (Å²) in [7, 11) is 0. The highest BCUT2D eigenvalue weighted by atomic mass is 16.5. The molecule has 0 aliphatic carbocycles. The first-order valence-electron chi connectivity index (χ1n) is 7.49. The summed E-state index contributed by atoms with van der Waals surface area (Å²) < 4.78 is 5.50. The summed E-state index contributed by atoms with van der Waals surface area (Å²) in [6.45, 7) is 11.1. The maximum atomic E-state index is 12.9. The Morgan fingerprint density at radius 3 is 2.35 bits per heavy atom. The molecule has 5 heteroatoms. The Balaban J connectivity index is 2.39. The van der Waals surface area contributed by atoms with Gasteiger partial charge in [0.05, 0.1) is 12.1 Å². The molecule has 2 saturated heterocycles. The molecule has 0 radical (unpaired) electrons. The van der Waals surface area contributed by atoms with Crippen molar-refractivity contribution in [3.05, 3.63) is 0 Å². The van der Waals surface area contributed by atoms with Crippen molar-refractivity contribution in [2.45, 2.75) is 58.7 Å². The zero-order chi connectivity index (χ0) is 15.1. The molecule has 1 N–H and O–H groups in total. The monoisotopic (exact) mass is 282 g/mol. The molecule has 2 heterocycles. The van der Waals surface area contributed by atoms with Crippen LogP contribution in [0.3, 0.4) is 0 Å². The minimum atomic E-state index is -0.421. The van der Waals surface area contributed by atoms with E-state index in [-0.39, 0.29) is 29.2 Å². The number of nitrogens with one attached hydrogen (secondary N) is 1. The van der Waals surface area contributed by atoms with Crippen molar-refractivity contribution >= 4 is 11.8 Å². The Labute approximate surface area is 121 Å². The number of hydrogen-bond donors (Lipinski definition) is 1. The molecule has 2 fully saturated rings. The van der Waals surface area contributed by atoms with Crippen molar-refractivity contribution in [3.8, 4) is 0 Å². The van der Waals surface area contributed by atoms with E-state index in [1.165, 1.54) is 0 Å². The number of amides is 2. The largest absolute Gasteiger partial charge is 0.379 e. The van der Waals surface area contributed by atoms with Crippen LogP contribution in [0.25, 0.3) is 0 Å². The van der Waals surface area contributed by atoms with Crippen molar-refractivity contribution in [1.82, 2.24) is 10.2 Å². The molecule has 2 aliphatic heterocycles. The van der Waals surface area contributed by atoms with Crippen molar-refractivity contribution in [2.75, 3.05) is 13.2 Å². The van der Waals surface area contributed by atoms with E-state index in [1.807, 2.05) is 39.5 Å². The number of piperazine rings is 1. The Bertz CT molecular complexity index is 400. The number of nitrogens with zero attached hydrogens (tertiary/aromatic N) is 1. The zero-order valence-electron chi connectivity index (χ0n) is 13.1. The molecule has 3 unspecified atom stereocenters. The molecule has 0 bridgehead atoms. The van der Waals surface area contributed by atoms with Crippen LogP contribution in [0.4, 0.5) is 0 Å². The molecule has 0 aromatic rings. The van der Waals surface area contributed by atoms with Gasteiger partial charge in [0.15, 0.2) is 0 Å². The van der Waals surface area contributed by atoms with Gasteiger partial charge in [0.2, 0.25) is 11.8 Å². The average Bonchev–Trinajstić information content (AvgIpc) is 2.78. The van der Waals surface area contributed by atoms with E-state index in [0.717, 1.165) is 6.42 Å². The summed E-state index contributed by atoms with van der Waals surface area (Å²) in [5, 5.41) is 2.90. The quantitative estimate of drug-likeness (QED) is 0.845. The lowest BCUT2D eigenvalue weighted by Crippen LogP contribution is -2.71. The molecular weight excluding hydrogens is 256 g/mol. The lowest BCUT2D eigenvalue weighted by molar-refractivity contribution is -0.160. The molecule has 0 aromatic heterocycles. The van der Waals surface area contributed by atoms with Crippen LogP contribution < -0.4 is 5.32 Å². The first-order chi connectivity index (χ1) is 9.28. The molecule has 5 nitrogen and oxygen atoms in total. The van der Waals surface area contributed by atoms with Crippen LogP contribution in [0.2, 0.25) is 0 Å². The minimum absolute atomic E-state index is 0.0336. The lowest BCUT2D eigenvalue weighted by atomic mass is 9.86. The predicted molar refractivity (Wildman–Crippen MR) is 76.1 cm³/mol. The topological polar surface area (TPSA) is 58.6 Å². The average molecular weight is 282 g/mol. The summed E-state index contributed by atoms with van der Waals surface area (Å²) in [6.07, 6.45) is 0.792. The highest BCUT2D eigenvalue weighted by Crippen LogP contribution is 2.33. The Kier molecular flexibility index (Phi) is 4.09. The molecule has 3 atom stereocenters. The van der Waals surface area contributed by atoms with Crippen molar-refractivity contribution in [2.24, 2.45) is 11.8 Å². The van der Waals surface area contributed by atoms with Gasteiger partial charge in [0, 0.05) is 6.61 Å². The van der Waals surface area contributed by atoms with Crippen LogP contribution in [0.5, 0.6) is 0 Å². The molecule has 2 rings (SSSR count). The predicted octanol–water partition coefficient (Wildman–Crippen LogP) is 1.17. The number of hydrogen-bond acceptors (Lipinski definition) is 3. The van der Waals surface area contributed by atoms with Crippen molar-refractivity contribution in [1.29, 1.82) is 0 Å². The minimum Gasteiger partial charge on any atom is -0.379 e. The SMILES string of the molecule is CC(C)C1NC(=O)C(C(C)C)N(C2(C)CCOC2)C1=O. The molecule has 0 aromatic carbocycles. The fourth-order valence-electron chi connectivity index (χ4n) is 3.21. The van der Waals surface area contributed by atoms with Gasteiger partial charge in [-0.15, -0.1) is 0 Å². The van der Waals surface area contributed by atoms with Gasteiger partial charge in [-0.05, 0) is 25.2 Å². The zero-order valence-corrected chi connectivity index (χ0v) is 13.1. The second-order valence-corrected chi connectivity index (χ2v) is 6.93. The summed E-state index contributed by atoms with van der Waals surface area (Å²) >= 11 is 0. The van der Waals surface area contributed by atoms with E-state index in [2.05, 4.69) is 5.32 Å². The summed E-state index contributed by atoms with van der Waals surface area (Å²) in [4.78, 5) is 27.1. The molecule has 0 saturated carbocycles. The Hall–Kier alpha value is -1.10. The summed E-state index contributed by atoms with van der Waals surface area (Å²) in [5.74, 6) is 0.176. The van der Waals surface area contributed by atoms with Crippen LogP contribution >= 0.6 is 0 Å². The van der Waals surface area contributed by atoms with E-state index in [4.69, 9.17) is 4.74 Å². The molecule has 2 amide bonds. The van der Waals surface area contributed by atoms with Gasteiger partial charge in [-0.2, -0.15) is 0 Å². The highest BCUT2D eigenvalue weighted by molar-refractivity contribution is 5.97. The van der Waals surface area contributed by atoms with Gasteiger partial charge < -0.3 is 15.0 Å². The summed E-state index contributed by atoms with van der Waals surface area (Å²) in [6, 6.07) is -0.820. The maximum absolute atomic E-state index is 12.9. The Morgan fingerprint density at radius 2 is 1.90 bits per heavy atom. The van der Waals surface area contributed by atoms with E-state index < -0.39 is 12.1 Å². The first-order valence-corrected chi connectivity index (χ1v) is 7.49. The third-order valence-corrected chi connectivity index (χ3v) is 4.43. The molecule has 20 heavy (non-hydrogen) atoms. The number of carbonyl (C=O) groups excluding carboxylic acids is 2. The van der Waals surface area contributed by atoms with E-state index >= 15 is 0 Å². The first kappa shape index (κ1) is 15.3. The molecule has 0 spiro atoms. The normalized spacial score (nSPS) is 35.0. The standard InChI is InChI=1S/C15H26N2O3/c1-9(2)11-14(19)17(15(5)6-7-20-8-15)12(10(3)4)13(18)16-11/h9-12H,6-8H2,1-5H3,(H,16,18).